The fourth-order valence-electron chi connectivity index (χ4n) is 3.49. The Labute approximate surface area is 162 Å². The molecule has 1 aliphatic rings. The van der Waals surface area contributed by atoms with Crippen molar-refractivity contribution in [2.75, 3.05) is 11.9 Å². The number of carbonyl (C=O) groups is 1. The van der Waals surface area contributed by atoms with Crippen LogP contribution in [0.5, 0.6) is 0 Å². The minimum absolute atomic E-state index is 0.0934. The molecule has 0 bridgehead atoms. The van der Waals surface area contributed by atoms with Gasteiger partial charge >= 0.3 is 0 Å². The van der Waals surface area contributed by atoms with Gasteiger partial charge < -0.3 is 11.1 Å². The Bertz CT molecular complexity index is 984. The summed E-state index contributed by atoms with van der Waals surface area (Å²) in [6.45, 7) is 0.664. The molecule has 7 heteroatoms. The number of hydrogen-bond donors (Lipinski definition) is 2. The Balaban J connectivity index is 1.47. The molecule has 28 heavy (non-hydrogen) atoms. The molecule has 1 aromatic carbocycles. The number of aromatic nitrogens is 3. The van der Waals surface area contributed by atoms with E-state index in [2.05, 4.69) is 20.5 Å². The third-order valence-corrected chi connectivity index (χ3v) is 5.30. The van der Waals surface area contributed by atoms with Crippen LogP contribution in [0, 0.1) is 5.82 Å². The smallest absolute Gasteiger partial charge is 0.248 e. The molecule has 2 heterocycles. The molecule has 0 atom stereocenters. The predicted molar refractivity (Wildman–Crippen MR) is 104 cm³/mol. The number of hydrogen-bond acceptors (Lipinski definition) is 5. The normalized spacial score (nSPS) is 14.9. The van der Waals surface area contributed by atoms with Crippen molar-refractivity contribution in [1.82, 2.24) is 15.2 Å². The van der Waals surface area contributed by atoms with Crippen LogP contribution in [0.25, 0.3) is 11.3 Å². The van der Waals surface area contributed by atoms with Gasteiger partial charge in [0.15, 0.2) is 0 Å². The third-order valence-electron chi connectivity index (χ3n) is 5.30. The monoisotopic (exact) mass is 377 g/mol. The van der Waals surface area contributed by atoms with Crippen molar-refractivity contribution in [1.29, 1.82) is 0 Å². The van der Waals surface area contributed by atoms with Gasteiger partial charge in [0.25, 0.3) is 0 Å². The van der Waals surface area contributed by atoms with E-state index in [4.69, 9.17) is 5.73 Å². The van der Waals surface area contributed by atoms with Crippen molar-refractivity contribution >= 4 is 11.7 Å². The molecule has 3 aromatic rings. The summed E-state index contributed by atoms with van der Waals surface area (Å²) in [5, 5.41) is 11.8. The molecule has 0 unspecified atom stereocenters. The van der Waals surface area contributed by atoms with E-state index >= 15 is 0 Å². The minimum atomic E-state index is -0.478. The van der Waals surface area contributed by atoms with Gasteiger partial charge in [-0.2, -0.15) is 0 Å². The fraction of sp³-hybridized carbons (Fsp3) is 0.238. The van der Waals surface area contributed by atoms with Crippen molar-refractivity contribution in [3.05, 3.63) is 71.8 Å². The number of nitrogens with two attached hydrogens (primary N) is 1. The number of anilines is 1. The summed E-state index contributed by atoms with van der Waals surface area (Å²) in [6, 6.07) is 13.9. The van der Waals surface area contributed by atoms with Gasteiger partial charge in [-0.25, -0.2) is 4.39 Å². The van der Waals surface area contributed by atoms with Crippen molar-refractivity contribution in [2.45, 2.75) is 24.7 Å². The first kappa shape index (κ1) is 18.0. The largest absolute Gasteiger partial charge is 0.368 e. The van der Waals surface area contributed by atoms with Gasteiger partial charge in [0.1, 0.15) is 11.6 Å². The SMILES string of the molecule is NC(=O)c1cccc(-c2ccc(NCC3(c4ccc(F)cn4)CCC3)nn2)c1. The number of benzene rings is 1. The highest BCUT2D eigenvalue weighted by molar-refractivity contribution is 5.93. The summed E-state index contributed by atoms with van der Waals surface area (Å²) in [5.41, 5.74) is 8.01. The molecule has 0 radical (unpaired) electrons. The van der Waals surface area contributed by atoms with Gasteiger partial charge in [0.05, 0.1) is 11.9 Å². The van der Waals surface area contributed by atoms with Crippen LogP contribution in [0.3, 0.4) is 0 Å². The van der Waals surface area contributed by atoms with Crippen molar-refractivity contribution < 1.29 is 9.18 Å². The number of nitrogens with one attached hydrogen (secondary N) is 1. The van der Waals surface area contributed by atoms with E-state index in [1.165, 1.54) is 12.3 Å². The van der Waals surface area contributed by atoms with E-state index in [1.54, 1.807) is 24.3 Å². The number of amides is 1. The second-order valence-electron chi connectivity index (χ2n) is 7.10. The van der Waals surface area contributed by atoms with Crippen LogP contribution in [0.2, 0.25) is 0 Å². The lowest BCUT2D eigenvalue weighted by atomic mass is 9.66. The highest BCUT2D eigenvalue weighted by atomic mass is 19.1. The van der Waals surface area contributed by atoms with Crippen LogP contribution in [-0.2, 0) is 5.41 Å². The summed E-state index contributed by atoms with van der Waals surface area (Å²) in [5.74, 6) is -0.149. The zero-order chi connectivity index (χ0) is 19.6. The lowest BCUT2D eigenvalue weighted by Gasteiger charge is -2.41. The summed E-state index contributed by atoms with van der Waals surface area (Å²) >= 11 is 0. The number of halogens is 1. The summed E-state index contributed by atoms with van der Waals surface area (Å²) in [6.07, 6.45) is 4.40. The van der Waals surface area contributed by atoms with Gasteiger partial charge in [-0.1, -0.05) is 18.6 Å². The summed E-state index contributed by atoms with van der Waals surface area (Å²) in [7, 11) is 0. The lowest BCUT2D eigenvalue weighted by molar-refractivity contribution is 0.100. The zero-order valence-electron chi connectivity index (χ0n) is 15.2. The number of carbonyl (C=O) groups excluding carboxylic acids is 1. The first-order valence-electron chi connectivity index (χ1n) is 9.16. The first-order valence-corrected chi connectivity index (χ1v) is 9.16. The molecule has 1 aliphatic carbocycles. The van der Waals surface area contributed by atoms with E-state index < -0.39 is 5.91 Å². The molecule has 142 valence electrons. The Morgan fingerprint density at radius 2 is 2.00 bits per heavy atom. The number of rotatable bonds is 6. The van der Waals surface area contributed by atoms with Crippen molar-refractivity contribution in [3.63, 3.8) is 0 Å². The molecule has 4 rings (SSSR count). The predicted octanol–water partition coefficient (Wildman–Crippen LogP) is 3.31. The topological polar surface area (TPSA) is 93.8 Å². The van der Waals surface area contributed by atoms with E-state index in [9.17, 15) is 9.18 Å². The highest BCUT2D eigenvalue weighted by Crippen LogP contribution is 2.42. The molecule has 3 N–H and O–H groups in total. The van der Waals surface area contributed by atoms with E-state index in [1.807, 2.05) is 18.2 Å². The maximum Gasteiger partial charge on any atom is 0.248 e. The van der Waals surface area contributed by atoms with Crippen LogP contribution in [0.1, 0.15) is 35.3 Å². The van der Waals surface area contributed by atoms with E-state index in [0.717, 1.165) is 30.5 Å². The molecule has 1 fully saturated rings. The Kier molecular flexibility index (Phi) is 4.73. The molecule has 6 nitrogen and oxygen atoms in total. The summed E-state index contributed by atoms with van der Waals surface area (Å²) < 4.78 is 13.2. The van der Waals surface area contributed by atoms with E-state index in [-0.39, 0.29) is 11.2 Å². The second-order valence-corrected chi connectivity index (χ2v) is 7.10. The van der Waals surface area contributed by atoms with E-state index in [0.29, 0.717) is 23.6 Å². The molecular weight excluding hydrogens is 357 g/mol. The highest BCUT2D eigenvalue weighted by Gasteiger charge is 2.39. The van der Waals surface area contributed by atoms with Gasteiger partial charge in [0.2, 0.25) is 5.91 Å². The standard InChI is InChI=1S/C21H20FN5O/c22-16-5-7-18(24-12-16)21(9-2-10-21)13-25-19-8-6-17(26-27-19)14-3-1-4-15(11-14)20(23)28/h1,3-8,11-12H,2,9-10,13H2,(H2,23,28)(H,25,27). The average molecular weight is 377 g/mol. The van der Waals surface area contributed by atoms with Crippen LogP contribution >= 0.6 is 0 Å². The molecule has 0 aliphatic heterocycles. The average Bonchev–Trinajstić information content (AvgIpc) is 2.69. The molecule has 1 amide bonds. The number of nitrogens with zero attached hydrogens (tertiary/aromatic N) is 3. The van der Waals surface area contributed by atoms with Crippen molar-refractivity contribution in [3.8, 4) is 11.3 Å². The molecule has 0 spiro atoms. The van der Waals surface area contributed by atoms with Crippen LogP contribution in [-0.4, -0.2) is 27.6 Å². The van der Waals surface area contributed by atoms with Crippen LogP contribution < -0.4 is 11.1 Å². The number of pyridine rings is 1. The Hall–Kier alpha value is -3.35. The minimum Gasteiger partial charge on any atom is -0.368 e. The Morgan fingerprint density at radius 3 is 2.61 bits per heavy atom. The first-order chi connectivity index (χ1) is 13.6. The summed E-state index contributed by atoms with van der Waals surface area (Å²) in [4.78, 5) is 15.6. The van der Waals surface area contributed by atoms with Gasteiger partial charge in [-0.05, 0) is 49.2 Å². The maximum atomic E-state index is 13.2. The lowest BCUT2D eigenvalue weighted by Crippen LogP contribution is -2.41. The van der Waals surface area contributed by atoms with Crippen LogP contribution in [0.4, 0.5) is 10.2 Å². The molecule has 2 aromatic heterocycles. The fourth-order valence-corrected chi connectivity index (χ4v) is 3.49. The van der Waals surface area contributed by atoms with Gasteiger partial charge in [-0.3, -0.25) is 9.78 Å². The third kappa shape index (κ3) is 3.55. The second kappa shape index (κ2) is 7.34. The van der Waals surface area contributed by atoms with Crippen molar-refractivity contribution in [2.24, 2.45) is 5.73 Å². The van der Waals surface area contributed by atoms with Crippen LogP contribution in [0.15, 0.2) is 54.7 Å². The molecular formula is C21H20FN5O. The number of primary amides is 1. The Morgan fingerprint density at radius 1 is 1.14 bits per heavy atom. The molecule has 0 saturated heterocycles. The maximum absolute atomic E-state index is 13.2. The zero-order valence-corrected chi connectivity index (χ0v) is 15.2. The van der Waals surface area contributed by atoms with Gasteiger partial charge in [-0.15, -0.1) is 10.2 Å². The quantitative estimate of drug-likeness (QED) is 0.687. The van der Waals surface area contributed by atoms with Gasteiger partial charge in [0, 0.05) is 28.8 Å². The molecule has 1 saturated carbocycles.